The van der Waals surface area contributed by atoms with E-state index in [4.69, 9.17) is 0 Å². The monoisotopic (exact) mass is 243 g/mol. The molecular formula is C12H21NO2S. The molecule has 1 heterocycles. The number of hydrogen-bond acceptors (Lipinski definition) is 3. The molecule has 3 nitrogen and oxygen atoms in total. The number of hydrogen-bond donors (Lipinski definition) is 0. The van der Waals surface area contributed by atoms with E-state index in [1.807, 2.05) is 6.26 Å². The van der Waals surface area contributed by atoms with Crippen molar-refractivity contribution in [1.29, 1.82) is 0 Å². The van der Waals surface area contributed by atoms with E-state index in [1.165, 1.54) is 35.9 Å². The van der Waals surface area contributed by atoms with Crippen molar-refractivity contribution in [2.45, 2.75) is 50.7 Å². The lowest BCUT2D eigenvalue weighted by Gasteiger charge is -2.14. The van der Waals surface area contributed by atoms with Crippen LogP contribution < -0.4 is 0 Å². The van der Waals surface area contributed by atoms with E-state index in [2.05, 4.69) is 6.92 Å². The number of imide groups is 1. The highest BCUT2D eigenvalue weighted by Crippen LogP contribution is 2.23. The van der Waals surface area contributed by atoms with Crippen LogP contribution in [0.5, 0.6) is 0 Å². The van der Waals surface area contributed by atoms with Gasteiger partial charge in [0.1, 0.15) is 0 Å². The molecule has 2 amide bonds. The molecular weight excluding hydrogens is 222 g/mol. The third kappa shape index (κ3) is 3.51. The highest BCUT2D eigenvalue weighted by atomic mass is 32.2. The summed E-state index contributed by atoms with van der Waals surface area (Å²) >= 11 is 1.48. The molecule has 4 heteroatoms. The first-order valence-electron chi connectivity index (χ1n) is 6.07. The molecule has 0 aromatic carbocycles. The van der Waals surface area contributed by atoms with Crippen LogP contribution in [0.15, 0.2) is 0 Å². The maximum Gasteiger partial charge on any atom is 0.242 e. The molecule has 0 bridgehead atoms. The summed E-state index contributed by atoms with van der Waals surface area (Å²) in [6.07, 6.45) is 8.03. The zero-order valence-electron chi connectivity index (χ0n) is 10.2. The van der Waals surface area contributed by atoms with Gasteiger partial charge in [0.25, 0.3) is 0 Å². The van der Waals surface area contributed by atoms with Crippen molar-refractivity contribution in [1.82, 2.24) is 4.90 Å². The van der Waals surface area contributed by atoms with E-state index in [1.54, 1.807) is 0 Å². The summed E-state index contributed by atoms with van der Waals surface area (Å²) in [5, 5.41) is -0.122. The second kappa shape index (κ2) is 6.94. The Morgan fingerprint density at radius 1 is 1.25 bits per heavy atom. The Kier molecular flexibility index (Phi) is 5.88. The third-order valence-electron chi connectivity index (χ3n) is 2.97. The van der Waals surface area contributed by atoms with Gasteiger partial charge in [0, 0.05) is 13.0 Å². The Labute approximate surface area is 102 Å². The quantitative estimate of drug-likeness (QED) is 0.509. The zero-order chi connectivity index (χ0) is 12.0. The Morgan fingerprint density at radius 2 is 1.94 bits per heavy atom. The molecule has 1 fully saturated rings. The van der Waals surface area contributed by atoms with E-state index >= 15 is 0 Å². The molecule has 0 aromatic rings. The standard InChI is InChI=1S/C12H21NO2S/c1-3-4-5-6-7-8-13-11(14)9-10(16-2)12(13)15/h10H,3-9H2,1-2H3. The molecule has 1 rings (SSSR count). The molecule has 1 saturated heterocycles. The number of carbonyl (C=O) groups is 2. The van der Waals surface area contributed by atoms with Crippen molar-refractivity contribution in [3.05, 3.63) is 0 Å². The maximum absolute atomic E-state index is 11.8. The SMILES string of the molecule is CCCCCCCN1C(=O)CC(SC)C1=O. The van der Waals surface area contributed by atoms with Crippen LogP contribution in [0, 0.1) is 0 Å². The average molecular weight is 243 g/mol. The van der Waals surface area contributed by atoms with Crippen molar-refractivity contribution in [2.75, 3.05) is 12.8 Å². The molecule has 0 spiro atoms. The predicted octanol–water partition coefficient (Wildman–Crippen LogP) is 2.45. The highest BCUT2D eigenvalue weighted by molar-refractivity contribution is 8.00. The van der Waals surface area contributed by atoms with Gasteiger partial charge >= 0.3 is 0 Å². The number of amides is 2. The van der Waals surface area contributed by atoms with Gasteiger partial charge in [-0.15, -0.1) is 0 Å². The van der Waals surface area contributed by atoms with Crippen LogP contribution in [-0.4, -0.2) is 34.8 Å². The van der Waals surface area contributed by atoms with Gasteiger partial charge < -0.3 is 0 Å². The van der Waals surface area contributed by atoms with Crippen LogP contribution in [0.25, 0.3) is 0 Å². The molecule has 92 valence electrons. The van der Waals surface area contributed by atoms with Crippen LogP contribution in [0.3, 0.4) is 0 Å². The third-order valence-corrected chi connectivity index (χ3v) is 3.91. The minimum absolute atomic E-state index is 0.0137. The second-order valence-corrected chi connectivity index (χ2v) is 5.27. The summed E-state index contributed by atoms with van der Waals surface area (Å²) in [6, 6.07) is 0. The minimum Gasteiger partial charge on any atom is -0.282 e. The molecule has 1 unspecified atom stereocenters. The highest BCUT2D eigenvalue weighted by Gasteiger charge is 2.37. The lowest BCUT2D eigenvalue weighted by molar-refractivity contribution is -0.138. The lowest BCUT2D eigenvalue weighted by atomic mass is 10.1. The number of nitrogens with zero attached hydrogens (tertiary/aromatic N) is 1. The van der Waals surface area contributed by atoms with Gasteiger partial charge in [-0.05, 0) is 12.7 Å². The first kappa shape index (κ1) is 13.6. The van der Waals surface area contributed by atoms with Crippen LogP contribution in [0.2, 0.25) is 0 Å². The first-order valence-corrected chi connectivity index (χ1v) is 7.36. The maximum atomic E-state index is 11.8. The van der Waals surface area contributed by atoms with Gasteiger partial charge in [0.05, 0.1) is 5.25 Å². The molecule has 1 atom stereocenters. The average Bonchev–Trinajstić information content (AvgIpc) is 2.55. The molecule has 16 heavy (non-hydrogen) atoms. The van der Waals surface area contributed by atoms with E-state index in [9.17, 15) is 9.59 Å². The van der Waals surface area contributed by atoms with Crippen molar-refractivity contribution >= 4 is 23.6 Å². The van der Waals surface area contributed by atoms with Crippen LogP contribution >= 0.6 is 11.8 Å². The van der Waals surface area contributed by atoms with Crippen molar-refractivity contribution < 1.29 is 9.59 Å². The summed E-state index contributed by atoms with van der Waals surface area (Å²) in [4.78, 5) is 24.8. The number of carbonyl (C=O) groups excluding carboxylic acids is 2. The lowest BCUT2D eigenvalue weighted by Crippen LogP contribution is -2.32. The topological polar surface area (TPSA) is 37.4 Å². The Bertz CT molecular complexity index is 255. The Morgan fingerprint density at radius 3 is 2.50 bits per heavy atom. The number of rotatable bonds is 7. The van der Waals surface area contributed by atoms with E-state index in [0.717, 1.165) is 12.8 Å². The van der Waals surface area contributed by atoms with Crippen molar-refractivity contribution in [3.63, 3.8) is 0 Å². The van der Waals surface area contributed by atoms with E-state index in [0.29, 0.717) is 13.0 Å². The smallest absolute Gasteiger partial charge is 0.242 e. The molecule has 0 N–H and O–H groups in total. The van der Waals surface area contributed by atoms with Gasteiger partial charge in [-0.2, -0.15) is 11.8 Å². The second-order valence-electron chi connectivity index (χ2n) is 4.23. The normalized spacial score (nSPS) is 20.9. The number of unbranched alkanes of at least 4 members (excludes halogenated alkanes) is 4. The van der Waals surface area contributed by atoms with Crippen LogP contribution in [0.1, 0.15) is 45.4 Å². The fourth-order valence-corrected chi connectivity index (χ4v) is 2.58. The van der Waals surface area contributed by atoms with Crippen molar-refractivity contribution in [2.24, 2.45) is 0 Å². The first-order chi connectivity index (χ1) is 7.70. The fourth-order valence-electron chi connectivity index (χ4n) is 1.95. The Balaban J connectivity index is 2.26. The largest absolute Gasteiger partial charge is 0.282 e. The zero-order valence-corrected chi connectivity index (χ0v) is 11.0. The van der Waals surface area contributed by atoms with Gasteiger partial charge in [-0.3, -0.25) is 14.5 Å². The summed E-state index contributed by atoms with van der Waals surface area (Å²) in [6.45, 7) is 2.80. The Hall–Kier alpha value is -0.510. The number of thioether (sulfide) groups is 1. The summed E-state index contributed by atoms with van der Waals surface area (Å²) < 4.78 is 0. The summed E-state index contributed by atoms with van der Waals surface area (Å²) in [7, 11) is 0. The number of likely N-dealkylation sites (tertiary alicyclic amines) is 1. The molecule has 1 aliphatic rings. The van der Waals surface area contributed by atoms with Gasteiger partial charge in [0.2, 0.25) is 11.8 Å². The molecule has 0 radical (unpaired) electrons. The predicted molar refractivity (Wildman–Crippen MR) is 67.4 cm³/mol. The molecule has 0 saturated carbocycles. The fraction of sp³-hybridized carbons (Fsp3) is 0.833. The molecule has 0 aromatic heterocycles. The van der Waals surface area contributed by atoms with Gasteiger partial charge in [-0.1, -0.05) is 32.6 Å². The minimum atomic E-state index is -0.122. The summed E-state index contributed by atoms with van der Waals surface area (Å²) in [5.74, 6) is 0.0350. The molecule has 0 aliphatic carbocycles. The van der Waals surface area contributed by atoms with E-state index < -0.39 is 0 Å². The van der Waals surface area contributed by atoms with Gasteiger partial charge in [-0.25, -0.2) is 0 Å². The van der Waals surface area contributed by atoms with Crippen molar-refractivity contribution in [3.8, 4) is 0 Å². The van der Waals surface area contributed by atoms with Gasteiger partial charge in [0.15, 0.2) is 0 Å². The van der Waals surface area contributed by atoms with E-state index in [-0.39, 0.29) is 17.1 Å². The summed E-state index contributed by atoms with van der Waals surface area (Å²) in [5.41, 5.74) is 0. The van der Waals surface area contributed by atoms with Crippen LogP contribution in [-0.2, 0) is 9.59 Å². The van der Waals surface area contributed by atoms with Crippen LogP contribution in [0.4, 0.5) is 0 Å². The molecule has 1 aliphatic heterocycles.